The van der Waals surface area contributed by atoms with Gasteiger partial charge in [0.1, 0.15) is 0 Å². The van der Waals surface area contributed by atoms with Crippen LogP contribution in [0.25, 0.3) is 0 Å². The Bertz CT molecular complexity index is 352. The van der Waals surface area contributed by atoms with Crippen LogP contribution in [0.2, 0.25) is 0 Å². The largest absolute Gasteiger partial charge is 0.392 e. The molecule has 90 valence electrons. The van der Waals surface area contributed by atoms with Crippen LogP contribution in [0.4, 0.5) is 0 Å². The van der Waals surface area contributed by atoms with Gasteiger partial charge in [-0.1, -0.05) is 0 Å². The van der Waals surface area contributed by atoms with Crippen molar-refractivity contribution in [2.75, 3.05) is 13.6 Å². The Hall–Kier alpha value is -0.950. The number of hydrazine groups is 1. The Morgan fingerprint density at radius 3 is 2.94 bits per heavy atom. The summed E-state index contributed by atoms with van der Waals surface area (Å²) in [4.78, 5) is 14.9. The second-order valence-electron chi connectivity index (χ2n) is 3.79. The second-order valence-corrected chi connectivity index (χ2v) is 4.95. The summed E-state index contributed by atoms with van der Waals surface area (Å²) >= 11 is 1.41. The van der Waals surface area contributed by atoms with Gasteiger partial charge in [0.2, 0.25) is 0 Å². The fourth-order valence-corrected chi connectivity index (χ4v) is 2.43. The fourth-order valence-electron chi connectivity index (χ4n) is 1.44. The SMILES string of the molecule is CC(O)CN(C)Cc1ccc(C(=O)NN)s1. The number of amides is 1. The van der Waals surface area contributed by atoms with E-state index in [1.807, 2.05) is 18.0 Å². The molecule has 1 unspecified atom stereocenters. The van der Waals surface area contributed by atoms with Gasteiger partial charge in [-0.05, 0) is 26.1 Å². The number of carbonyl (C=O) groups excluding carboxylic acids is 1. The summed E-state index contributed by atoms with van der Waals surface area (Å²) in [5.74, 6) is 4.78. The van der Waals surface area contributed by atoms with Crippen molar-refractivity contribution in [3.05, 3.63) is 21.9 Å². The van der Waals surface area contributed by atoms with Crippen molar-refractivity contribution in [2.24, 2.45) is 5.84 Å². The zero-order chi connectivity index (χ0) is 12.1. The summed E-state index contributed by atoms with van der Waals surface area (Å²) in [6.45, 7) is 3.07. The molecular weight excluding hydrogens is 226 g/mol. The van der Waals surface area contributed by atoms with Crippen LogP contribution in [0.3, 0.4) is 0 Å². The normalized spacial score (nSPS) is 12.8. The molecule has 1 amide bonds. The van der Waals surface area contributed by atoms with Gasteiger partial charge >= 0.3 is 0 Å². The molecule has 5 nitrogen and oxygen atoms in total. The minimum atomic E-state index is -0.350. The third kappa shape index (κ3) is 3.90. The van der Waals surface area contributed by atoms with Gasteiger partial charge in [-0.25, -0.2) is 5.84 Å². The molecule has 0 spiro atoms. The molecule has 4 N–H and O–H groups in total. The number of likely N-dealkylation sites (N-methyl/N-ethyl adjacent to an activating group) is 1. The Morgan fingerprint density at radius 2 is 2.38 bits per heavy atom. The molecule has 1 aromatic rings. The van der Waals surface area contributed by atoms with Crippen LogP contribution < -0.4 is 11.3 Å². The minimum absolute atomic E-state index is 0.269. The number of aliphatic hydroxyl groups is 1. The molecule has 1 rings (SSSR count). The average Bonchev–Trinajstić information content (AvgIpc) is 2.63. The fraction of sp³-hybridized carbons (Fsp3) is 0.500. The van der Waals surface area contributed by atoms with E-state index in [1.54, 1.807) is 13.0 Å². The maximum Gasteiger partial charge on any atom is 0.275 e. The molecule has 16 heavy (non-hydrogen) atoms. The lowest BCUT2D eigenvalue weighted by Crippen LogP contribution is -2.29. The van der Waals surface area contributed by atoms with Crippen LogP contribution in [0.15, 0.2) is 12.1 Å². The number of carbonyl (C=O) groups is 1. The number of rotatable bonds is 5. The number of thiophene rings is 1. The predicted molar refractivity (Wildman–Crippen MR) is 64.0 cm³/mol. The van der Waals surface area contributed by atoms with Crippen LogP contribution in [-0.4, -0.2) is 35.6 Å². The highest BCUT2D eigenvalue weighted by Crippen LogP contribution is 2.17. The van der Waals surface area contributed by atoms with Gasteiger partial charge in [0.15, 0.2) is 0 Å². The Morgan fingerprint density at radius 1 is 1.69 bits per heavy atom. The van der Waals surface area contributed by atoms with Crippen molar-refractivity contribution in [3.63, 3.8) is 0 Å². The van der Waals surface area contributed by atoms with E-state index < -0.39 is 0 Å². The van der Waals surface area contributed by atoms with E-state index in [0.717, 1.165) is 4.88 Å². The van der Waals surface area contributed by atoms with Crippen LogP contribution in [0, 0.1) is 0 Å². The van der Waals surface area contributed by atoms with Gasteiger partial charge in [0.25, 0.3) is 5.91 Å². The standard InChI is InChI=1S/C10H17N3O2S/c1-7(14)5-13(2)6-8-3-4-9(16-8)10(15)12-11/h3-4,7,14H,5-6,11H2,1-2H3,(H,12,15). The van der Waals surface area contributed by atoms with E-state index in [9.17, 15) is 9.90 Å². The zero-order valence-electron chi connectivity index (χ0n) is 9.43. The first kappa shape index (κ1) is 13.1. The summed E-state index contributed by atoms with van der Waals surface area (Å²) in [6.07, 6.45) is -0.350. The lowest BCUT2D eigenvalue weighted by Gasteiger charge is -2.16. The molecule has 0 aliphatic carbocycles. The first-order chi connectivity index (χ1) is 7.52. The van der Waals surface area contributed by atoms with Gasteiger partial charge in [0, 0.05) is 18.0 Å². The molecule has 6 heteroatoms. The molecule has 0 saturated carbocycles. The highest BCUT2D eigenvalue weighted by Gasteiger charge is 2.09. The lowest BCUT2D eigenvalue weighted by atomic mass is 10.3. The number of nitrogens with one attached hydrogen (secondary N) is 1. The number of aliphatic hydroxyl groups excluding tert-OH is 1. The highest BCUT2D eigenvalue weighted by atomic mass is 32.1. The topological polar surface area (TPSA) is 78.6 Å². The Labute approximate surface area is 98.8 Å². The minimum Gasteiger partial charge on any atom is -0.392 e. The molecule has 0 radical (unpaired) electrons. The van der Waals surface area contributed by atoms with E-state index in [1.165, 1.54) is 11.3 Å². The van der Waals surface area contributed by atoms with Crippen molar-refractivity contribution in [1.82, 2.24) is 10.3 Å². The van der Waals surface area contributed by atoms with Crippen LogP contribution in [-0.2, 0) is 6.54 Å². The van der Waals surface area contributed by atoms with Crippen molar-refractivity contribution in [1.29, 1.82) is 0 Å². The van der Waals surface area contributed by atoms with E-state index in [0.29, 0.717) is 18.0 Å². The second kappa shape index (κ2) is 5.95. The molecule has 0 aliphatic rings. The van der Waals surface area contributed by atoms with Crippen LogP contribution in [0.5, 0.6) is 0 Å². The first-order valence-corrected chi connectivity index (χ1v) is 5.81. The van der Waals surface area contributed by atoms with Gasteiger partial charge in [0.05, 0.1) is 11.0 Å². The first-order valence-electron chi connectivity index (χ1n) is 4.99. The van der Waals surface area contributed by atoms with E-state index in [-0.39, 0.29) is 12.0 Å². The van der Waals surface area contributed by atoms with Gasteiger partial charge in [-0.15, -0.1) is 11.3 Å². The van der Waals surface area contributed by atoms with Crippen LogP contribution >= 0.6 is 11.3 Å². The lowest BCUT2D eigenvalue weighted by molar-refractivity contribution is 0.0957. The summed E-state index contributed by atoms with van der Waals surface area (Å²) in [5.41, 5.74) is 2.10. The van der Waals surface area contributed by atoms with Crippen molar-refractivity contribution in [2.45, 2.75) is 19.6 Å². The molecule has 0 aromatic carbocycles. The predicted octanol–water partition coefficient (Wildman–Crippen LogP) is 0.164. The maximum atomic E-state index is 11.2. The van der Waals surface area contributed by atoms with Crippen molar-refractivity contribution >= 4 is 17.2 Å². The highest BCUT2D eigenvalue weighted by molar-refractivity contribution is 7.14. The molecule has 1 atom stereocenters. The Balaban J connectivity index is 2.55. The number of hydrogen-bond donors (Lipinski definition) is 3. The van der Waals surface area contributed by atoms with Crippen LogP contribution in [0.1, 0.15) is 21.5 Å². The maximum absolute atomic E-state index is 11.2. The third-order valence-electron chi connectivity index (χ3n) is 2.02. The van der Waals surface area contributed by atoms with E-state index >= 15 is 0 Å². The smallest absolute Gasteiger partial charge is 0.275 e. The number of hydrogen-bond acceptors (Lipinski definition) is 5. The molecule has 0 bridgehead atoms. The number of nitrogens with zero attached hydrogens (tertiary/aromatic N) is 1. The molecule has 1 heterocycles. The summed E-state index contributed by atoms with van der Waals surface area (Å²) < 4.78 is 0. The van der Waals surface area contributed by atoms with E-state index in [2.05, 4.69) is 5.43 Å². The number of nitrogen functional groups attached to an aromatic ring is 1. The quantitative estimate of drug-likeness (QED) is 0.391. The van der Waals surface area contributed by atoms with Crippen molar-refractivity contribution in [3.8, 4) is 0 Å². The molecule has 0 saturated heterocycles. The molecule has 1 aromatic heterocycles. The molecule has 0 aliphatic heterocycles. The van der Waals surface area contributed by atoms with Gasteiger partial charge < -0.3 is 5.11 Å². The number of nitrogens with two attached hydrogens (primary N) is 1. The summed E-state index contributed by atoms with van der Waals surface area (Å²) in [6, 6.07) is 3.65. The molecular formula is C10H17N3O2S. The van der Waals surface area contributed by atoms with Gasteiger partial charge in [-0.3, -0.25) is 15.1 Å². The van der Waals surface area contributed by atoms with Crippen molar-refractivity contribution < 1.29 is 9.90 Å². The van der Waals surface area contributed by atoms with E-state index in [4.69, 9.17) is 5.84 Å². The monoisotopic (exact) mass is 243 g/mol. The Kier molecular flexibility index (Phi) is 4.88. The summed E-state index contributed by atoms with van der Waals surface area (Å²) in [5, 5.41) is 9.21. The average molecular weight is 243 g/mol. The molecule has 0 fully saturated rings. The third-order valence-corrected chi connectivity index (χ3v) is 3.09. The van der Waals surface area contributed by atoms with Gasteiger partial charge in [-0.2, -0.15) is 0 Å². The zero-order valence-corrected chi connectivity index (χ0v) is 10.3. The summed E-state index contributed by atoms with van der Waals surface area (Å²) in [7, 11) is 1.93.